The second-order valence-corrected chi connectivity index (χ2v) is 11.4. The number of nitrogens with zero attached hydrogens (tertiary/aromatic N) is 2. The van der Waals surface area contributed by atoms with Crippen LogP contribution in [0.5, 0.6) is 0 Å². The fraction of sp³-hybridized carbons (Fsp3) is 0.333. The van der Waals surface area contributed by atoms with E-state index in [2.05, 4.69) is 0 Å². The molecule has 0 fully saturated rings. The Morgan fingerprint density at radius 3 is 1.26 bits per heavy atom. The Morgan fingerprint density at radius 1 is 0.632 bits per heavy atom. The molecule has 0 radical (unpaired) electrons. The summed E-state index contributed by atoms with van der Waals surface area (Å²) >= 11 is 0. The third-order valence-electron chi connectivity index (χ3n) is 5.74. The van der Waals surface area contributed by atoms with Crippen molar-refractivity contribution >= 4 is 35.4 Å². The molecular formula is C30H32N2O6. The number of hydrogen-bond acceptors (Lipinski definition) is 6. The maximum Gasteiger partial charge on any atom is 0.422 e. The van der Waals surface area contributed by atoms with E-state index in [-0.39, 0.29) is 22.5 Å². The van der Waals surface area contributed by atoms with Crippen molar-refractivity contribution in [3.8, 4) is 0 Å². The molecule has 0 atom stereocenters. The molecule has 0 bridgehead atoms. The number of imide groups is 2. The smallest absolute Gasteiger partial charge is 0.422 e. The molecule has 0 saturated heterocycles. The summed E-state index contributed by atoms with van der Waals surface area (Å²) in [5, 5.41) is 0. The summed E-state index contributed by atoms with van der Waals surface area (Å²) in [6.07, 6.45) is -1.82. The van der Waals surface area contributed by atoms with E-state index < -0.39 is 35.2 Å². The Morgan fingerprint density at radius 2 is 0.974 bits per heavy atom. The Labute approximate surface area is 222 Å². The molecule has 2 aliphatic rings. The molecule has 2 aliphatic heterocycles. The molecule has 0 aliphatic carbocycles. The normalized spacial score (nSPS) is 15.9. The van der Waals surface area contributed by atoms with Crippen molar-refractivity contribution in [2.75, 3.05) is 0 Å². The molecule has 0 unspecified atom stereocenters. The quantitative estimate of drug-likeness (QED) is 0.487. The van der Waals surface area contributed by atoms with Crippen LogP contribution in [0.3, 0.4) is 0 Å². The third-order valence-corrected chi connectivity index (χ3v) is 5.74. The summed E-state index contributed by atoms with van der Waals surface area (Å²) in [5.74, 6) is -1.50. The number of amides is 4. The average molecular weight is 517 g/mol. The van der Waals surface area contributed by atoms with Gasteiger partial charge in [0.25, 0.3) is 11.8 Å². The number of carbonyl (C=O) groups excluding carboxylic acids is 4. The minimum Gasteiger partial charge on any atom is -0.443 e. The molecule has 198 valence electrons. The number of carbonyl (C=O) groups is 4. The van der Waals surface area contributed by atoms with Crippen molar-refractivity contribution in [1.29, 1.82) is 0 Å². The highest BCUT2D eigenvalue weighted by Gasteiger charge is 2.54. The second kappa shape index (κ2) is 9.28. The summed E-state index contributed by atoms with van der Waals surface area (Å²) in [6.45, 7) is 13.9. The highest BCUT2D eigenvalue weighted by molar-refractivity contribution is 6.35. The number of rotatable bonds is 2. The maximum atomic E-state index is 14.0. The first-order valence-electron chi connectivity index (χ1n) is 12.4. The Hall–Kier alpha value is -4.20. The van der Waals surface area contributed by atoms with Crippen LogP contribution < -0.4 is 0 Å². The van der Waals surface area contributed by atoms with Crippen molar-refractivity contribution in [1.82, 2.24) is 9.80 Å². The van der Waals surface area contributed by atoms with Crippen molar-refractivity contribution < 1.29 is 28.7 Å². The van der Waals surface area contributed by atoms with Gasteiger partial charge >= 0.3 is 12.2 Å². The SMILES string of the molecule is Cc1cccc(C2=C3C(=O)N(C(=O)OC(C)(C)C)C(c4cccc(C)c4)=C3C(=O)N2C(=O)OC(C)(C)C)c1. The van der Waals surface area contributed by atoms with Gasteiger partial charge in [-0.1, -0.05) is 47.5 Å². The van der Waals surface area contributed by atoms with Gasteiger partial charge in [-0.2, -0.15) is 0 Å². The lowest BCUT2D eigenvalue weighted by atomic mass is 10.0. The van der Waals surface area contributed by atoms with Crippen molar-refractivity contribution in [2.45, 2.75) is 66.6 Å². The highest BCUT2D eigenvalue weighted by Crippen LogP contribution is 2.47. The van der Waals surface area contributed by atoms with Crippen LogP contribution in [0.25, 0.3) is 11.4 Å². The van der Waals surface area contributed by atoms with Gasteiger partial charge in [0.1, 0.15) is 11.2 Å². The maximum absolute atomic E-state index is 14.0. The predicted octanol–water partition coefficient (Wildman–Crippen LogP) is 5.98. The second-order valence-electron chi connectivity index (χ2n) is 11.4. The van der Waals surface area contributed by atoms with Gasteiger partial charge in [-0.3, -0.25) is 9.59 Å². The monoisotopic (exact) mass is 516 g/mol. The molecule has 0 aromatic heterocycles. The van der Waals surface area contributed by atoms with Crippen molar-refractivity contribution in [3.63, 3.8) is 0 Å². The summed E-state index contributed by atoms with van der Waals surface area (Å²) in [6, 6.07) is 14.2. The molecule has 2 aromatic rings. The van der Waals surface area contributed by atoms with E-state index in [4.69, 9.17) is 9.47 Å². The zero-order chi connectivity index (χ0) is 28.2. The number of hydrogen-bond donors (Lipinski definition) is 0. The van der Waals surface area contributed by atoms with Gasteiger partial charge in [0.2, 0.25) is 0 Å². The Bertz CT molecular complexity index is 1330. The van der Waals surface area contributed by atoms with Crippen LogP contribution >= 0.6 is 0 Å². The lowest BCUT2D eigenvalue weighted by Crippen LogP contribution is -2.40. The van der Waals surface area contributed by atoms with E-state index in [1.165, 1.54) is 0 Å². The van der Waals surface area contributed by atoms with Crippen LogP contribution in [0.4, 0.5) is 9.59 Å². The fourth-order valence-corrected chi connectivity index (χ4v) is 4.40. The van der Waals surface area contributed by atoms with Gasteiger partial charge in [-0.05, 0) is 78.6 Å². The predicted molar refractivity (Wildman–Crippen MR) is 142 cm³/mol. The van der Waals surface area contributed by atoms with Gasteiger partial charge in [0.05, 0.1) is 22.5 Å². The minimum absolute atomic E-state index is 0.0474. The standard InChI is InChI=1S/C30H32N2O6/c1-17-11-9-13-19(15-17)23-21-22(26(34)31(23)27(35)37-29(3,4)5)24(20-14-10-12-18(2)16-20)32(25(21)33)28(36)38-30(6,7)8/h9-16H,1-8H3. The Balaban J connectivity index is 2.04. The molecule has 2 aromatic carbocycles. The molecule has 0 spiro atoms. The lowest BCUT2D eigenvalue weighted by Gasteiger charge is -2.27. The van der Waals surface area contributed by atoms with Crippen LogP contribution in [-0.2, 0) is 19.1 Å². The van der Waals surface area contributed by atoms with E-state index in [1.54, 1.807) is 77.9 Å². The molecule has 2 heterocycles. The summed E-state index contributed by atoms with van der Waals surface area (Å²) in [4.78, 5) is 56.7. The first-order chi connectivity index (χ1) is 17.6. The van der Waals surface area contributed by atoms with Crippen LogP contribution in [0, 0.1) is 13.8 Å². The molecule has 0 saturated carbocycles. The van der Waals surface area contributed by atoms with E-state index in [9.17, 15) is 19.2 Å². The first-order valence-corrected chi connectivity index (χ1v) is 12.4. The highest BCUT2D eigenvalue weighted by atomic mass is 16.6. The summed E-state index contributed by atoms with van der Waals surface area (Å²) < 4.78 is 11.1. The number of ether oxygens (including phenoxy) is 2. The van der Waals surface area contributed by atoms with E-state index >= 15 is 0 Å². The fourth-order valence-electron chi connectivity index (χ4n) is 4.40. The van der Waals surface area contributed by atoms with Gasteiger partial charge in [-0.15, -0.1) is 0 Å². The van der Waals surface area contributed by atoms with Gasteiger partial charge in [-0.25, -0.2) is 19.4 Å². The van der Waals surface area contributed by atoms with Gasteiger partial charge < -0.3 is 9.47 Å². The Kier molecular flexibility index (Phi) is 6.55. The zero-order valence-corrected chi connectivity index (χ0v) is 23.0. The molecule has 38 heavy (non-hydrogen) atoms. The average Bonchev–Trinajstić information content (AvgIpc) is 3.24. The zero-order valence-electron chi connectivity index (χ0n) is 23.0. The third kappa shape index (κ3) is 4.98. The molecule has 4 rings (SSSR count). The minimum atomic E-state index is -0.909. The van der Waals surface area contributed by atoms with Crippen LogP contribution in [0.15, 0.2) is 59.7 Å². The van der Waals surface area contributed by atoms with Crippen LogP contribution in [0.2, 0.25) is 0 Å². The number of benzene rings is 2. The summed E-state index contributed by atoms with van der Waals surface area (Å²) in [7, 11) is 0. The molecule has 0 N–H and O–H groups in total. The van der Waals surface area contributed by atoms with Crippen LogP contribution in [-0.4, -0.2) is 45.0 Å². The van der Waals surface area contributed by atoms with Gasteiger partial charge in [0.15, 0.2) is 0 Å². The first kappa shape index (κ1) is 26.9. The molecule has 4 amide bonds. The molecule has 8 nitrogen and oxygen atoms in total. The summed E-state index contributed by atoms with van der Waals surface area (Å²) in [5.41, 5.74) is 0.927. The number of aryl methyl sites for hydroxylation is 2. The van der Waals surface area contributed by atoms with Crippen LogP contribution in [0.1, 0.15) is 63.8 Å². The molecular weight excluding hydrogens is 484 g/mol. The van der Waals surface area contributed by atoms with E-state index in [0.717, 1.165) is 20.9 Å². The largest absolute Gasteiger partial charge is 0.443 e. The van der Waals surface area contributed by atoms with E-state index in [0.29, 0.717) is 11.1 Å². The van der Waals surface area contributed by atoms with Crippen molar-refractivity contribution in [3.05, 3.63) is 81.9 Å². The van der Waals surface area contributed by atoms with Gasteiger partial charge in [0, 0.05) is 0 Å². The molecule has 8 heteroatoms. The van der Waals surface area contributed by atoms with Crippen molar-refractivity contribution in [2.24, 2.45) is 0 Å². The van der Waals surface area contributed by atoms with E-state index in [1.807, 2.05) is 26.0 Å². The lowest BCUT2D eigenvalue weighted by molar-refractivity contribution is -0.123. The number of fused-ring (bicyclic) bond motifs is 1. The topological polar surface area (TPSA) is 93.2 Å².